The van der Waals surface area contributed by atoms with Crippen molar-refractivity contribution >= 4 is 12.0 Å². The zero-order chi connectivity index (χ0) is 17.3. The number of ether oxygens (including phenoxy) is 1. The van der Waals surface area contributed by atoms with Crippen LogP contribution in [0.1, 0.15) is 33.6 Å². The number of hydrogen-bond acceptors (Lipinski definition) is 3. The van der Waals surface area contributed by atoms with E-state index in [4.69, 9.17) is 4.74 Å². The van der Waals surface area contributed by atoms with Gasteiger partial charge in [-0.1, -0.05) is 0 Å². The van der Waals surface area contributed by atoms with Gasteiger partial charge in [0.15, 0.2) is 0 Å². The predicted molar refractivity (Wildman–Crippen MR) is 74.2 cm³/mol. The van der Waals surface area contributed by atoms with Crippen LogP contribution in [-0.2, 0) is 9.53 Å². The molecule has 5 nitrogen and oxygen atoms in total. The highest BCUT2D eigenvalue weighted by molar-refractivity contribution is 5.83. The lowest BCUT2D eigenvalue weighted by atomic mass is 9.76. The second-order valence-corrected chi connectivity index (χ2v) is 6.75. The Morgan fingerprint density at radius 1 is 1.09 bits per heavy atom. The fourth-order valence-electron chi connectivity index (χ4n) is 2.44. The molecular formula is C14H23F3N2O3. The number of amides is 2. The van der Waals surface area contributed by atoms with Crippen molar-refractivity contribution in [2.45, 2.75) is 45.4 Å². The van der Waals surface area contributed by atoms with Gasteiger partial charge in [0.25, 0.3) is 0 Å². The first-order chi connectivity index (χ1) is 9.80. The molecule has 1 aliphatic heterocycles. The number of carbonyl (C=O) groups is 2. The predicted octanol–water partition coefficient (Wildman–Crippen LogP) is 2.65. The summed E-state index contributed by atoms with van der Waals surface area (Å²) in [6.07, 6.45) is -6.20. The topological polar surface area (TPSA) is 49.9 Å². The Morgan fingerprint density at radius 2 is 1.55 bits per heavy atom. The van der Waals surface area contributed by atoms with Crippen molar-refractivity contribution in [3.8, 4) is 0 Å². The maximum atomic E-state index is 13.4. The summed E-state index contributed by atoms with van der Waals surface area (Å²) in [7, 11) is 2.60. The van der Waals surface area contributed by atoms with Crippen LogP contribution in [-0.4, -0.2) is 60.8 Å². The molecule has 1 fully saturated rings. The van der Waals surface area contributed by atoms with Gasteiger partial charge >= 0.3 is 12.3 Å². The van der Waals surface area contributed by atoms with Crippen molar-refractivity contribution in [3.05, 3.63) is 0 Å². The molecule has 0 bridgehead atoms. The Kier molecular flexibility index (Phi) is 5.04. The van der Waals surface area contributed by atoms with Crippen molar-refractivity contribution < 1.29 is 27.5 Å². The third kappa shape index (κ3) is 3.84. The van der Waals surface area contributed by atoms with Crippen LogP contribution in [0.3, 0.4) is 0 Å². The van der Waals surface area contributed by atoms with Gasteiger partial charge in [-0.05, 0) is 33.6 Å². The number of piperidine rings is 1. The number of rotatable bonds is 1. The second kappa shape index (κ2) is 5.96. The molecule has 0 aliphatic carbocycles. The summed E-state index contributed by atoms with van der Waals surface area (Å²) in [6.45, 7) is 4.74. The van der Waals surface area contributed by atoms with Crippen LogP contribution < -0.4 is 0 Å². The molecule has 8 heteroatoms. The fourth-order valence-corrected chi connectivity index (χ4v) is 2.44. The van der Waals surface area contributed by atoms with Crippen molar-refractivity contribution in [1.29, 1.82) is 0 Å². The van der Waals surface area contributed by atoms with Crippen LogP contribution in [0.5, 0.6) is 0 Å². The SMILES string of the molecule is CN(C)C(=O)C1(C(F)(F)F)CCN(C(=O)OC(C)(C)C)CC1. The van der Waals surface area contributed by atoms with Crippen LogP contribution in [0.15, 0.2) is 0 Å². The smallest absolute Gasteiger partial charge is 0.410 e. The van der Waals surface area contributed by atoms with E-state index in [2.05, 4.69) is 0 Å². The minimum atomic E-state index is -4.64. The highest BCUT2D eigenvalue weighted by Gasteiger charge is 2.61. The van der Waals surface area contributed by atoms with Gasteiger partial charge in [0.1, 0.15) is 11.0 Å². The molecule has 1 heterocycles. The summed E-state index contributed by atoms with van der Waals surface area (Å²) < 4.78 is 45.4. The Morgan fingerprint density at radius 3 is 1.86 bits per heavy atom. The fraction of sp³-hybridized carbons (Fsp3) is 0.857. The van der Waals surface area contributed by atoms with E-state index in [0.29, 0.717) is 0 Å². The molecule has 22 heavy (non-hydrogen) atoms. The molecule has 0 saturated carbocycles. The van der Waals surface area contributed by atoms with Gasteiger partial charge in [-0.2, -0.15) is 13.2 Å². The molecule has 0 N–H and O–H groups in total. The lowest BCUT2D eigenvalue weighted by molar-refractivity contribution is -0.236. The van der Waals surface area contributed by atoms with E-state index in [0.717, 1.165) is 4.90 Å². The molecule has 2 amide bonds. The summed E-state index contributed by atoms with van der Waals surface area (Å²) in [5.74, 6) is -0.969. The molecule has 0 unspecified atom stereocenters. The quantitative estimate of drug-likeness (QED) is 0.745. The zero-order valence-corrected chi connectivity index (χ0v) is 13.6. The summed E-state index contributed by atoms with van der Waals surface area (Å²) in [6, 6.07) is 0. The average Bonchev–Trinajstić information content (AvgIpc) is 2.34. The van der Waals surface area contributed by atoms with Gasteiger partial charge in [0, 0.05) is 27.2 Å². The largest absolute Gasteiger partial charge is 0.444 e. The molecule has 0 aromatic rings. The molecule has 0 radical (unpaired) electrons. The van der Waals surface area contributed by atoms with E-state index in [1.54, 1.807) is 20.8 Å². The molecule has 128 valence electrons. The van der Waals surface area contributed by atoms with Crippen LogP contribution >= 0.6 is 0 Å². The van der Waals surface area contributed by atoms with E-state index in [9.17, 15) is 22.8 Å². The van der Waals surface area contributed by atoms with Crippen molar-refractivity contribution in [2.24, 2.45) is 5.41 Å². The van der Waals surface area contributed by atoms with E-state index >= 15 is 0 Å². The van der Waals surface area contributed by atoms with Gasteiger partial charge in [-0.25, -0.2) is 4.79 Å². The Balaban J connectivity index is 2.87. The van der Waals surface area contributed by atoms with Crippen molar-refractivity contribution in [2.75, 3.05) is 27.2 Å². The van der Waals surface area contributed by atoms with E-state index in [1.165, 1.54) is 19.0 Å². The van der Waals surface area contributed by atoms with Crippen LogP contribution in [0.25, 0.3) is 0 Å². The standard InChI is InChI=1S/C14H23F3N2O3/c1-12(2,3)22-11(21)19-8-6-13(7-9-19,14(15,16)17)10(20)18(4)5/h6-9H2,1-5H3. The molecule has 1 rings (SSSR count). The Bertz CT molecular complexity index is 434. The monoisotopic (exact) mass is 324 g/mol. The lowest BCUT2D eigenvalue weighted by Crippen LogP contribution is -2.57. The number of likely N-dealkylation sites (tertiary alicyclic amines) is 1. The van der Waals surface area contributed by atoms with Gasteiger partial charge in [0.05, 0.1) is 0 Å². The Hall–Kier alpha value is -1.47. The van der Waals surface area contributed by atoms with Crippen LogP contribution in [0.2, 0.25) is 0 Å². The van der Waals surface area contributed by atoms with Crippen molar-refractivity contribution in [3.63, 3.8) is 0 Å². The highest BCUT2D eigenvalue weighted by atomic mass is 19.4. The lowest BCUT2D eigenvalue weighted by Gasteiger charge is -2.42. The first-order valence-electron chi connectivity index (χ1n) is 7.06. The minimum Gasteiger partial charge on any atom is -0.444 e. The first-order valence-corrected chi connectivity index (χ1v) is 7.06. The normalized spacial score (nSPS) is 18.8. The summed E-state index contributed by atoms with van der Waals surface area (Å²) in [5.41, 5.74) is -3.13. The molecule has 0 atom stereocenters. The van der Waals surface area contributed by atoms with Crippen LogP contribution in [0.4, 0.5) is 18.0 Å². The van der Waals surface area contributed by atoms with E-state index < -0.39 is 42.0 Å². The summed E-state index contributed by atoms with van der Waals surface area (Å²) in [4.78, 5) is 26.1. The third-order valence-corrected chi connectivity index (χ3v) is 3.63. The molecule has 0 aromatic carbocycles. The van der Waals surface area contributed by atoms with Gasteiger partial charge < -0.3 is 14.5 Å². The minimum absolute atomic E-state index is 0.159. The van der Waals surface area contributed by atoms with Gasteiger partial charge in [0.2, 0.25) is 5.91 Å². The maximum Gasteiger partial charge on any atom is 0.410 e. The molecular weight excluding hydrogens is 301 g/mol. The number of nitrogens with zero attached hydrogens (tertiary/aromatic N) is 2. The molecule has 1 aliphatic rings. The first kappa shape index (κ1) is 18.6. The highest BCUT2D eigenvalue weighted by Crippen LogP contribution is 2.47. The van der Waals surface area contributed by atoms with Gasteiger partial charge in [-0.3, -0.25) is 4.79 Å². The van der Waals surface area contributed by atoms with Crippen molar-refractivity contribution in [1.82, 2.24) is 9.80 Å². The number of halogens is 3. The third-order valence-electron chi connectivity index (χ3n) is 3.63. The molecule has 0 aromatic heterocycles. The number of alkyl halides is 3. The van der Waals surface area contributed by atoms with E-state index in [1.807, 2.05) is 0 Å². The molecule has 0 spiro atoms. The Labute approximate surface area is 128 Å². The second-order valence-electron chi connectivity index (χ2n) is 6.75. The van der Waals surface area contributed by atoms with E-state index in [-0.39, 0.29) is 13.1 Å². The molecule has 1 saturated heterocycles. The summed E-state index contributed by atoms with van der Waals surface area (Å²) in [5, 5.41) is 0. The number of carbonyl (C=O) groups excluding carboxylic acids is 2. The zero-order valence-electron chi connectivity index (χ0n) is 13.6. The number of hydrogen-bond donors (Lipinski definition) is 0. The maximum absolute atomic E-state index is 13.4. The van der Waals surface area contributed by atoms with Gasteiger partial charge in [-0.15, -0.1) is 0 Å². The average molecular weight is 324 g/mol. The summed E-state index contributed by atoms with van der Waals surface area (Å²) >= 11 is 0. The van der Waals surface area contributed by atoms with Crippen LogP contribution in [0, 0.1) is 5.41 Å².